The molecule has 7 nitrogen and oxygen atoms in total. The van der Waals surface area contributed by atoms with Crippen LogP contribution >= 0.6 is 0 Å². The Bertz CT molecular complexity index is 1010. The Morgan fingerprint density at radius 3 is 2.67 bits per heavy atom. The Hall–Kier alpha value is -3.61. The van der Waals surface area contributed by atoms with Gasteiger partial charge in [-0.15, -0.1) is 0 Å². The highest BCUT2D eigenvalue weighted by atomic mass is 16.5. The minimum Gasteiger partial charge on any atom is -0.468 e. The fourth-order valence-electron chi connectivity index (χ4n) is 2.74. The number of para-hydroxylation sites is 2. The van der Waals surface area contributed by atoms with E-state index >= 15 is 0 Å². The number of nitrogens with one attached hydrogen (secondary N) is 2. The van der Waals surface area contributed by atoms with Gasteiger partial charge in [-0.05, 0) is 24.6 Å². The smallest absolute Gasteiger partial charge is 0.339 e. The van der Waals surface area contributed by atoms with E-state index in [4.69, 9.17) is 4.74 Å². The number of aromatic nitrogens is 1. The minimum absolute atomic E-state index is 0.103. The lowest BCUT2D eigenvalue weighted by Gasteiger charge is -2.06. The van der Waals surface area contributed by atoms with Crippen LogP contribution in [-0.2, 0) is 16.1 Å². The molecule has 0 saturated carbocycles. The lowest BCUT2D eigenvalue weighted by atomic mass is 10.2. The van der Waals surface area contributed by atoms with Crippen molar-refractivity contribution >= 4 is 34.8 Å². The Labute approximate surface area is 156 Å². The molecule has 3 rings (SSSR count). The normalized spacial score (nSPS) is 10.9. The molecule has 0 aliphatic rings. The van der Waals surface area contributed by atoms with Crippen LogP contribution in [0.5, 0.6) is 0 Å². The van der Waals surface area contributed by atoms with Crippen molar-refractivity contribution in [1.82, 2.24) is 9.99 Å². The van der Waals surface area contributed by atoms with Gasteiger partial charge in [0.2, 0.25) is 0 Å². The molecule has 2 aromatic carbocycles. The quantitative estimate of drug-likeness (QED) is 0.414. The van der Waals surface area contributed by atoms with E-state index in [2.05, 4.69) is 15.8 Å². The number of fused-ring (bicyclic) bond motifs is 1. The number of anilines is 1. The number of amides is 2. The highest BCUT2D eigenvalue weighted by Gasteiger charge is 2.10. The van der Waals surface area contributed by atoms with Crippen LogP contribution in [0.2, 0.25) is 0 Å². The number of methoxy groups -OCH3 is 1. The Morgan fingerprint density at radius 1 is 1.15 bits per heavy atom. The summed E-state index contributed by atoms with van der Waals surface area (Å²) in [4.78, 5) is 23.6. The molecular formula is C20H20N4O3. The zero-order chi connectivity index (χ0) is 19.2. The van der Waals surface area contributed by atoms with Gasteiger partial charge in [0.1, 0.15) is 6.54 Å². The van der Waals surface area contributed by atoms with Gasteiger partial charge in [-0.2, -0.15) is 5.10 Å². The van der Waals surface area contributed by atoms with E-state index in [9.17, 15) is 9.59 Å². The molecule has 0 unspecified atom stereocenters. The third-order valence-corrected chi connectivity index (χ3v) is 4.11. The second kappa shape index (κ2) is 8.18. The Balaban J connectivity index is 1.73. The van der Waals surface area contributed by atoms with Crippen LogP contribution in [0.15, 0.2) is 59.8 Å². The maximum absolute atomic E-state index is 12.0. The Morgan fingerprint density at radius 2 is 1.89 bits per heavy atom. The minimum atomic E-state index is -0.432. The molecule has 0 aliphatic carbocycles. The number of nitrogens with zero attached hydrogens (tertiary/aromatic N) is 2. The predicted octanol–water partition coefficient (Wildman–Crippen LogP) is 3.28. The van der Waals surface area contributed by atoms with Crippen LogP contribution in [0, 0.1) is 6.92 Å². The number of hydrogen-bond acceptors (Lipinski definition) is 4. The van der Waals surface area contributed by atoms with Gasteiger partial charge < -0.3 is 14.6 Å². The molecule has 0 atom stereocenters. The summed E-state index contributed by atoms with van der Waals surface area (Å²) in [5.74, 6) is -0.338. The van der Waals surface area contributed by atoms with Gasteiger partial charge in [-0.3, -0.25) is 4.79 Å². The molecule has 1 heterocycles. The molecule has 0 spiro atoms. The summed E-state index contributed by atoms with van der Waals surface area (Å²) in [7, 11) is 1.35. The van der Waals surface area contributed by atoms with E-state index in [1.54, 1.807) is 17.0 Å². The van der Waals surface area contributed by atoms with Crippen molar-refractivity contribution in [3.63, 3.8) is 0 Å². The molecule has 0 bridgehead atoms. The number of carbonyl (C=O) groups excluding carboxylic acids is 2. The largest absolute Gasteiger partial charge is 0.468 e. The first-order chi connectivity index (χ1) is 13.1. The molecular weight excluding hydrogens is 344 g/mol. The second-order valence-corrected chi connectivity index (χ2v) is 5.94. The molecule has 1 aromatic heterocycles. The van der Waals surface area contributed by atoms with Gasteiger partial charge in [-0.25, -0.2) is 10.2 Å². The zero-order valence-corrected chi connectivity index (χ0v) is 15.1. The van der Waals surface area contributed by atoms with Crippen LogP contribution in [-0.4, -0.2) is 29.9 Å². The molecule has 0 radical (unpaired) electrons. The fraction of sp³-hybridized carbons (Fsp3) is 0.150. The summed E-state index contributed by atoms with van der Waals surface area (Å²) in [5.41, 5.74) is 5.80. The summed E-state index contributed by atoms with van der Waals surface area (Å²) >= 11 is 0. The van der Waals surface area contributed by atoms with Crippen molar-refractivity contribution in [3.05, 3.63) is 65.9 Å². The predicted molar refractivity (Wildman–Crippen MR) is 105 cm³/mol. The number of carbonyl (C=O) groups is 2. The number of hydrazone groups is 1. The standard InChI is InChI=1S/C20H20N4O3/c1-14-7-3-5-9-17(14)22-20(26)23-21-11-15-12-24(13-19(25)27-2)18-10-6-4-8-16(15)18/h3-12H,13H2,1-2H3,(H2,22,23,26). The average Bonchev–Trinajstić information content (AvgIpc) is 3.01. The number of aryl methyl sites for hydroxylation is 1. The van der Waals surface area contributed by atoms with Gasteiger partial charge in [0, 0.05) is 28.4 Å². The zero-order valence-electron chi connectivity index (χ0n) is 15.1. The summed E-state index contributed by atoms with van der Waals surface area (Å²) < 4.78 is 6.52. The number of rotatable bonds is 5. The molecule has 2 amide bonds. The van der Waals surface area contributed by atoms with Crippen LogP contribution in [0.4, 0.5) is 10.5 Å². The summed E-state index contributed by atoms with van der Waals surface area (Å²) in [6, 6.07) is 14.7. The monoisotopic (exact) mass is 364 g/mol. The molecule has 2 N–H and O–H groups in total. The fourth-order valence-corrected chi connectivity index (χ4v) is 2.74. The molecule has 7 heteroatoms. The summed E-state index contributed by atoms with van der Waals surface area (Å²) in [6.45, 7) is 2.01. The molecule has 27 heavy (non-hydrogen) atoms. The third kappa shape index (κ3) is 4.33. The molecule has 138 valence electrons. The van der Waals surface area contributed by atoms with Crippen molar-refractivity contribution in [2.45, 2.75) is 13.5 Å². The van der Waals surface area contributed by atoms with Crippen molar-refractivity contribution in [1.29, 1.82) is 0 Å². The average molecular weight is 364 g/mol. The van der Waals surface area contributed by atoms with Gasteiger partial charge >= 0.3 is 12.0 Å². The highest BCUT2D eigenvalue weighted by Crippen LogP contribution is 2.20. The molecule has 3 aromatic rings. The Kier molecular flexibility index (Phi) is 5.51. The van der Waals surface area contributed by atoms with Crippen molar-refractivity contribution < 1.29 is 14.3 Å². The summed E-state index contributed by atoms with van der Waals surface area (Å²) in [5, 5.41) is 7.68. The lowest BCUT2D eigenvalue weighted by Crippen LogP contribution is -2.24. The van der Waals surface area contributed by atoms with E-state index in [0.29, 0.717) is 0 Å². The summed E-state index contributed by atoms with van der Waals surface area (Å²) in [6.07, 6.45) is 3.35. The first kappa shape index (κ1) is 18.2. The lowest BCUT2D eigenvalue weighted by molar-refractivity contribution is -0.141. The number of esters is 1. The van der Waals surface area contributed by atoms with Crippen molar-refractivity contribution in [2.24, 2.45) is 5.10 Å². The van der Waals surface area contributed by atoms with E-state index in [1.165, 1.54) is 7.11 Å². The van der Waals surface area contributed by atoms with Crippen molar-refractivity contribution in [2.75, 3.05) is 12.4 Å². The van der Waals surface area contributed by atoms with Crippen molar-refractivity contribution in [3.8, 4) is 0 Å². The van der Waals surface area contributed by atoms with Crippen LogP contribution in [0.3, 0.4) is 0 Å². The first-order valence-corrected chi connectivity index (χ1v) is 8.39. The van der Waals surface area contributed by atoms with Gasteiger partial charge in [0.25, 0.3) is 0 Å². The van der Waals surface area contributed by atoms with Gasteiger partial charge in [0.15, 0.2) is 0 Å². The highest BCUT2D eigenvalue weighted by molar-refractivity contribution is 6.00. The number of benzene rings is 2. The number of hydrogen-bond donors (Lipinski definition) is 2. The van der Waals surface area contributed by atoms with Gasteiger partial charge in [-0.1, -0.05) is 36.4 Å². The van der Waals surface area contributed by atoms with Crippen LogP contribution in [0.1, 0.15) is 11.1 Å². The topological polar surface area (TPSA) is 84.7 Å². The van der Waals surface area contributed by atoms with E-state index in [1.807, 2.05) is 55.5 Å². The number of ether oxygens (including phenoxy) is 1. The van der Waals surface area contributed by atoms with E-state index in [0.717, 1.165) is 27.7 Å². The molecule has 0 aliphatic heterocycles. The van der Waals surface area contributed by atoms with Gasteiger partial charge in [0.05, 0.1) is 13.3 Å². The van der Waals surface area contributed by atoms with E-state index in [-0.39, 0.29) is 12.5 Å². The second-order valence-electron chi connectivity index (χ2n) is 5.94. The first-order valence-electron chi connectivity index (χ1n) is 8.39. The van der Waals surface area contributed by atoms with Crippen LogP contribution in [0.25, 0.3) is 10.9 Å². The molecule has 0 saturated heterocycles. The SMILES string of the molecule is COC(=O)Cn1cc(C=NNC(=O)Nc2ccccc2C)c2ccccc21. The van der Waals surface area contributed by atoms with E-state index < -0.39 is 6.03 Å². The maximum atomic E-state index is 12.0. The maximum Gasteiger partial charge on any atom is 0.339 e. The van der Waals surface area contributed by atoms with Crippen LogP contribution < -0.4 is 10.7 Å². The molecule has 0 fully saturated rings. The number of urea groups is 1. The third-order valence-electron chi connectivity index (χ3n) is 4.11.